The van der Waals surface area contributed by atoms with Crippen LogP contribution in [0.2, 0.25) is 0 Å². The minimum atomic E-state index is -0.655. The number of anilines is 1. The molecule has 1 heterocycles. The van der Waals surface area contributed by atoms with Crippen molar-refractivity contribution >= 4 is 28.2 Å². The molecule has 0 fully saturated rings. The number of amides is 2. The number of nitrogens with two attached hydrogens (primary N) is 1. The minimum Gasteiger partial charge on any atom is -0.380 e. The molecule has 0 bridgehead atoms. The van der Waals surface area contributed by atoms with E-state index in [1.807, 2.05) is 0 Å². The van der Waals surface area contributed by atoms with Crippen molar-refractivity contribution < 1.29 is 9.59 Å². The topological polar surface area (TPSA) is 84.2 Å². The highest BCUT2D eigenvalue weighted by Crippen LogP contribution is 2.20. The molecular weight excluding hydrogens is 214 g/mol. The second kappa shape index (κ2) is 4.79. The van der Waals surface area contributed by atoms with Gasteiger partial charge in [-0.2, -0.15) is 0 Å². The molecule has 0 spiro atoms. The smallest absolute Gasteiger partial charge is 0.262 e. The summed E-state index contributed by atoms with van der Waals surface area (Å²) in [6, 6.07) is 2.84. The molecule has 4 N–H and O–H groups in total. The lowest BCUT2D eigenvalue weighted by atomic mass is 10.3. The van der Waals surface area contributed by atoms with E-state index in [1.165, 1.54) is 11.3 Å². The van der Waals surface area contributed by atoms with Crippen LogP contribution in [0.25, 0.3) is 0 Å². The van der Waals surface area contributed by atoms with E-state index in [0.29, 0.717) is 4.88 Å². The van der Waals surface area contributed by atoms with E-state index in [4.69, 9.17) is 5.73 Å². The molecule has 0 saturated carbocycles. The van der Waals surface area contributed by atoms with Crippen molar-refractivity contribution in [3.63, 3.8) is 0 Å². The van der Waals surface area contributed by atoms with Gasteiger partial charge in [0.05, 0.1) is 9.88 Å². The van der Waals surface area contributed by atoms with Crippen molar-refractivity contribution in [2.24, 2.45) is 5.73 Å². The lowest BCUT2D eigenvalue weighted by molar-refractivity contribution is -0.119. The molecule has 1 rings (SSSR count). The fraction of sp³-hybridized carbons (Fsp3) is 0.333. The molecule has 5 nitrogen and oxygen atoms in total. The second-order valence-electron chi connectivity index (χ2n) is 3.01. The van der Waals surface area contributed by atoms with Crippen LogP contribution in [-0.4, -0.2) is 24.9 Å². The van der Waals surface area contributed by atoms with Crippen LogP contribution in [-0.2, 0) is 4.79 Å². The van der Waals surface area contributed by atoms with Gasteiger partial charge in [0.25, 0.3) is 5.91 Å². The van der Waals surface area contributed by atoms with Gasteiger partial charge in [0.1, 0.15) is 6.04 Å². The van der Waals surface area contributed by atoms with E-state index < -0.39 is 11.9 Å². The number of carbonyl (C=O) groups excluding carboxylic acids is 2. The third-order valence-corrected chi connectivity index (χ3v) is 2.95. The van der Waals surface area contributed by atoms with Gasteiger partial charge in [-0.1, -0.05) is 0 Å². The van der Waals surface area contributed by atoms with Gasteiger partial charge in [0.2, 0.25) is 5.91 Å². The first-order chi connectivity index (χ1) is 7.04. The molecule has 1 aromatic heterocycles. The zero-order valence-corrected chi connectivity index (χ0v) is 9.35. The van der Waals surface area contributed by atoms with Gasteiger partial charge >= 0.3 is 0 Å². The van der Waals surface area contributed by atoms with Crippen molar-refractivity contribution in [1.29, 1.82) is 0 Å². The predicted molar refractivity (Wildman–Crippen MR) is 60.0 cm³/mol. The molecule has 82 valence electrons. The average Bonchev–Trinajstić information content (AvgIpc) is 2.65. The summed E-state index contributed by atoms with van der Waals surface area (Å²) < 4.78 is 0. The van der Waals surface area contributed by atoms with Gasteiger partial charge in [0, 0.05) is 7.05 Å². The average molecular weight is 227 g/mol. The molecule has 0 aromatic carbocycles. The highest BCUT2D eigenvalue weighted by Gasteiger charge is 2.14. The predicted octanol–water partition coefficient (Wildman–Crippen LogP) is 0.393. The Kier molecular flexibility index (Phi) is 3.68. The van der Waals surface area contributed by atoms with Crippen LogP contribution in [0, 0.1) is 0 Å². The molecule has 0 unspecified atom stereocenters. The van der Waals surface area contributed by atoms with E-state index in [-0.39, 0.29) is 5.91 Å². The zero-order chi connectivity index (χ0) is 11.4. The Morgan fingerprint density at radius 2 is 2.13 bits per heavy atom. The number of primary amides is 1. The highest BCUT2D eigenvalue weighted by molar-refractivity contribution is 7.17. The third-order valence-electron chi connectivity index (χ3n) is 1.85. The van der Waals surface area contributed by atoms with E-state index in [2.05, 4.69) is 10.6 Å². The van der Waals surface area contributed by atoms with E-state index >= 15 is 0 Å². The van der Waals surface area contributed by atoms with E-state index in [0.717, 1.165) is 5.00 Å². The van der Waals surface area contributed by atoms with E-state index in [9.17, 15) is 9.59 Å². The molecule has 1 aromatic rings. The molecular formula is C9H13N3O2S. The van der Waals surface area contributed by atoms with Crippen molar-refractivity contribution in [2.45, 2.75) is 13.0 Å². The number of hydrogen-bond acceptors (Lipinski definition) is 4. The maximum absolute atomic E-state index is 11.6. The number of nitrogens with one attached hydrogen (secondary N) is 2. The molecule has 6 heteroatoms. The van der Waals surface area contributed by atoms with Crippen LogP contribution in [0.1, 0.15) is 16.6 Å². The number of rotatable bonds is 4. The summed E-state index contributed by atoms with van der Waals surface area (Å²) in [6.45, 7) is 1.55. The molecule has 2 amide bonds. The first kappa shape index (κ1) is 11.5. The summed E-state index contributed by atoms with van der Waals surface area (Å²) in [5, 5.41) is 6.32. The highest BCUT2D eigenvalue weighted by atomic mass is 32.1. The third kappa shape index (κ3) is 2.95. The van der Waals surface area contributed by atoms with Crippen molar-refractivity contribution in [3.8, 4) is 0 Å². The Labute approximate surface area is 91.7 Å². The summed E-state index contributed by atoms with van der Waals surface area (Å²) in [4.78, 5) is 22.8. The second-order valence-corrected chi connectivity index (χ2v) is 4.10. The molecule has 1 atom stereocenters. The van der Waals surface area contributed by atoms with Crippen LogP contribution in [0.4, 0.5) is 5.00 Å². The van der Waals surface area contributed by atoms with Crippen molar-refractivity contribution in [3.05, 3.63) is 17.0 Å². The minimum absolute atomic E-state index is 0.284. The van der Waals surface area contributed by atoms with Crippen molar-refractivity contribution in [2.75, 3.05) is 12.4 Å². The Bertz CT molecular complexity index is 375. The van der Waals surface area contributed by atoms with E-state index in [1.54, 1.807) is 26.1 Å². The number of carbonyl (C=O) groups is 2. The van der Waals surface area contributed by atoms with Gasteiger partial charge in [-0.05, 0) is 19.1 Å². The Morgan fingerprint density at radius 1 is 1.47 bits per heavy atom. The maximum atomic E-state index is 11.6. The zero-order valence-electron chi connectivity index (χ0n) is 8.53. The summed E-state index contributed by atoms with van der Waals surface area (Å²) in [6.07, 6.45) is 0. The Hall–Kier alpha value is -1.56. The Balaban J connectivity index is 2.65. The number of thiophene rings is 1. The fourth-order valence-electron chi connectivity index (χ4n) is 0.933. The van der Waals surface area contributed by atoms with Crippen LogP contribution in [0.5, 0.6) is 0 Å². The van der Waals surface area contributed by atoms with Gasteiger partial charge < -0.3 is 16.4 Å². The summed E-state index contributed by atoms with van der Waals surface area (Å²) in [5.74, 6) is -0.832. The van der Waals surface area contributed by atoms with Gasteiger partial charge in [0.15, 0.2) is 0 Å². The summed E-state index contributed by atoms with van der Waals surface area (Å²) in [7, 11) is 1.78. The summed E-state index contributed by atoms with van der Waals surface area (Å²) >= 11 is 1.32. The molecule has 15 heavy (non-hydrogen) atoms. The quantitative estimate of drug-likeness (QED) is 0.696. The standard InChI is InChI=1S/C9H13N3O2S/c1-5(8(10)13)12-9(14)6-3-4-7(11-2)15-6/h3-5,11H,1-2H3,(H2,10,13)(H,12,14)/t5-/m0/s1. The lowest BCUT2D eigenvalue weighted by Gasteiger charge is -2.08. The first-order valence-corrected chi connectivity index (χ1v) is 5.24. The van der Waals surface area contributed by atoms with Gasteiger partial charge in [-0.15, -0.1) is 11.3 Å². The largest absolute Gasteiger partial charge is 0.380 e. The van der Waals surface area contributed by atoms with Crippen molar-refractivity contribution in [1.82, 2.24) is 5.32 Å². The normalized spacial score (nSPS) is 11.9. The monoisotopic (exact) mass is 227 g/mol. The summed E-state index contributed by atoms with van der Waals surface area (Å²) in [5.41, 5.74) is 5.03. The molecule has 0 aliphatic carbocycles. The first-order valence-electron chi connectivity index (χ1n) is 4.42. The number of hydrogen-bond donors (Lipinski definition) is 3. The van der Waals surface area contributed by atoms with Gasteiger partial charge in [-0.25, -0.2) is 0 Å². The van der Waals surface area contributed by atoms with Crippen LogP contribution in [0.3, 0.4) is 0 Å². The molecule has 0 aliphatic rings. The maximum Gasteiger partial charge on any atom is 0.262 e. The molecule has 0 aliphatic heterocycles. The SMILES string of the molecule is CNc1ccc(C(=O)N[C@@H](C)C(N)=O)s1. The van der Waals surface area contributed by atoms with Gasteiger partial charge in [-0.3, -0.25) is 9.59 Å². The van der Waals surface area contributed by atoms with Crippen LogP contribution < -0.4 is 16.4 Å². The van der Waals surface area contributed by atoms with Crippen LogP contribution in [0.15, 0.2) is 12.1 Å². The lowest BCUT2D eigenvalue weighted by Crippen LogP contribution is -2.41. The molecule has 0 saturated heterocycles. The fourth-order valence-corrected chi connectivity index (χ4v) is 1.70. The molecule has 0 radical (unpaired) electrons. The van der Waals surface area contributed by atoms with Crippen LogP contribution >= 0.6 is 11.3 Å². The Morgan fingerprint density at radius 3 is 2.60 bits per heavy atom.